The number of rotatable bonds is 4. The van der Waals surface area contributed by atoms with Crippen molar-refractivity contribution < 1.29 is 4.79 Å². The molecular weight excluding hydrogens is 244 g/mol. The molecule has 0 radical (unpaired) electrons. The highest BCUT2D eigenvalue weighted by atomic mass is 16.2. The second-order valence-corrected chi connectivity index (χ2v) is 4.49. The molecule has 1 aromatic heterocycles. The van der Waals surface area contributed by atoms with E-state index in [-0.39, 0.29) is 11.9 Å². The van der Waals surface area contributed by atoms with Crippen LogP contribution in [0.3, 0.4) is 0 Å². The number of hydrazine groups is 1. The summed E-state index contributed by atoms with van der Waals surface area (Å²) in [7, 11) is 1.66. The van der Waals surface area contributed by atoms with Gasteiger partial charge in [0.2, 0.25) is 5.91 Å². The summed E-state index contributed by atoms with van der Waals surface area (Å²) < 4.78 is 0. The number of aromatic nitrogens is 2. The van der Waals surface area contributed by atoms with E-state index in [0.717, 1.165) is 31.6 Å². The van der Waals surface area contributed by atoms with Crippen LogP contribution >= 0.6 is 0 Å². The summed E-state index contributed by atoms with van der Waals surface area (Å²) in [6.07, 6.45) is 2.55. The average Bonchev–Trinajstić information content (AvgIpc) is 2.95. The van der Waals surface area contributed by atoms with Crippen molar-refractivity contribution in [2.24, 2.45) is 5.84 Å². The summed E-state index contributed by atoms with van der Waals surface area (Å²) in [6.45, 7) is 2.81. The van der Waals surface area contributed by atoms with Gasteiger partial charge in [-0.25, -0.2) is 15.8 Å². The summed E-state index contributed by atoms with van der Waals surface area (Å²) in [6, 6.07) is 1.62. The van der Waals surface area contributed by atoms with Gasteiger partial charge in [-0.1, -0.05) is 6.92 Å². The predicted molar refractivity (Wildman–Crippen MR) is 73.7 cm³/mol. The molecule has 1 aromatic rings. The molecule has 2 rings (SSSR count). The van der Waals surface area contributed by atoms with Gasteiger partial charge in [0.05, 0.1) is 0 Å². The fourth-order valence-electron chi connectivity index (χ4n) is 2.34. The number of hydrogen-bond acceptors (Lipinski definition) is 6. The van der Waals surface area contributed by atoms with Crippen molar-refractivity contribution in [2.75, 3.05) is 23.9 Å². The number of nitrogens with two attached hydrogens (primary N) is 1. The minimum absolute atomic E-state index is 0.0245. The van der Waals surface area contributed by atoms with Crippen molar-refractivity contribution >= 4 is 17.5 Å². The summed E-state index contributed by atoms with van der Waals surface area (Å²) in [4.78, 5) is 22.6. The topological polar surface area (TPSA) is 96.2 Å². The highest BCUT2D eigenvalue weighted by Crippen LogP contribution is 2.25. The van der Waals surface area contributed by atoms with E-state index in [1.54, 1.807) is 13.1 Å². The number of aryl methyl sites for hydroxylation is 1. The van der Waals surface area contributed by atoms with Gasteiger partial charge in [-0.2, -0.15) is 0 Å². The zero-order chi connectivity index (χ0) is 13.8. The van der Waals surface area contributed by atoms with Crippen molar-refractivity contribution in [2.45, 2.75) is 32.2 Å². The number of nitrogen functional groups attached to an aromatic ring is 1. The molecule has 1 unspecified atom stereocenters. The van der Waals surface area contributed by atoms with E-state index in [0.29, 0.717) is 11.6 Å². The minimum atomic E-state index is -0.157. The molecule has 1 aliphatic rings. The molecule has 1 atom stereocenters. The lowest BCUT2D eigenvalue weighted by Crippen LogP contribution is -2.42. The lowest BCUT2D eigenvalue weighted by Gasteiger charge is -2.25. The van der Waals surface area contributed by atoms with Crippen molar-refractivity contribution in [3.05, 3.63) is 11.9 Å². The number of carbonyl (C=O) groups excluding carboxylic acids is 1. The van der Waals surface area contributed by atoms with E-state index < -0.39 is 0 Å². The molecule has 0 bridgehead atoms. The van der Waals surface area contributed by atoms with E-state index in [2.05, 4.69) is 20.7 Å². The Morgan fingerprint density at radius 1 is 1.58 bits per heavy atom. The number of carbonyl (C=O) groups is 1. The van der Waals surface area contributed by atoms with Gasteiger partial charge in [-0.3, -0.25) is 4.79 Å². The second kappa shape index (κ2) is 5.83. The highest BCUT2D eigenvalue weighted by Gasteiger charge is 2.31. The zero-order valence-corrected chi connectivity index (χ0v) is 11.3. The standard InChI is InChI=1S/C12H20N6O/c1-3-9-15-10(17-13)7-11(16-9)18-6-4-5-8(18)12(19)14-2/h7-8H,3-6,13H2,1-2H3,(H,14,19)(H,15,16,17). The van der Waals surface area contributed by atoms with E-state index in [4.69, 9.17) is 5.84 Å². The van der Waals surface area contributed by atoms with Crippen LogP contribution in [0.4, 0.5) is 11.6 Å². The van der Waals surface area contributed by atoms with Crippen LogP contribution in [0, 0.1) is 0 Å². The first kappa shape index (κ1) is 13.5. The maximum atomic E-state index is 11.9. The number of anilines is 2. The minimum Gasteiger partial charge on any atom is -0.357 e. The lowest BCUT2D eigenvalue weighted by molar-refractivity contribution is -0.121. The number of amides is 1. The lowest BCUT2D eigenvalue weighted by atomic mass is 10.2. The van der Waals surface area contributed by atoms with Crippen LogP contribution < -0.4 is 21.5 Å². The van der Waals surface area contributed by atoms with Crippen molar-refractivity contribution in [3.8, 4) is 0 Å². The summed E-state index contributed by atoms with van der Waals surface area (Å²) in [5.41, 5.74) is 2.55. The Labute approximate surface area is 112 Å². The van der Waals surface area contributed by atoms with Gasteiger partial charge in [-0.15, -0.1) is 0 Å². The third-order valence-electron chi connectivity index (χ3n) is 3.32. The Balaban J connectivity index is 2.31. The Morgan fingerprint density at radius 3 is 3.00 bits per heavy atom. The summed E-state index contributed by atoms with van der Waals surface area (Å²) in [5.74, 6) is 7.49. The second-order valence-electron chi connectivity index (χ2n) is 4.49. The maximum Gasteiger partial charge on any atom is 0.242 e. The van der Waals surface area contributed by atoms with E-state index in [9.17, 15) is 4.79 Å². The Morgan fingerprint density at radius 2 is 2.37 bits per heavy atom. The van der Waals surface area contributed by atoms with Gasteiger partial charge < -0.3 is 15.6 Å². The first-order valence-electron chi connectivity index (χ1n) is 6.52. The fourth-order valence-corrected chi connectivity index (χ4v) is 2.34. The number of nitrogens with one attached hydrogen (secondary N) is 2. The van der Waals surface area contributed by atoms with Crippen LogP contribution in [0.15, 0.2) is 6.07 Å². The number of nitrogens with zero attached hydrogens (tertiary/aromatic N) is 3. The van der Waals surface area contributed by atoms with E-state index in [1.165, 1.54) is 0 Å². The molecule has 0 aromatic carbocycles. The normalized spacial score (nSPS) is 18.5. The van der Waals surface area contributed by atoms with E-state index in [1.807, 2.05) is 11.8 Å². The third-order valence-corrected chi connectivity index (χ3v) is 3.32. The molecule has 1 amide bonds. The first-order chi connectivity index (χ1) is 9.19. The molecule has 0 saturated carbocycles. The molecule has 7 nitrogen and oxygen atoms in total. The molecule has 19 heavy (non-hydrogen) atoms. The largest absolute Gasteiger partial charge is 0.357 e. The van der Waals surface area contributed by atoms with Crippen molar-refractivity contribution in [3.63, 3.8) is 0 Å². The molecule has 1 saturated heterocycles. The van der Waals surface area contributed by atoms with E-state index >= 15 is 0 Å². The van der Waals surface area contributed by atoms with Gasteiger partial charge in [0, 0.05) is 26.1 Å². The molecule has 1 aliphatic heterocycles. The van der Waals surface area contributed by atoms with Crippen LogP contribution in [-0.2, 0) is 11.2 Å². The van der Waals surface area contributed by atoms with Gasteiger partial charge in [0.15, 0.2) is 0 Å². The smallest absolute Gasteiger partial charge is 0.242 e. The zero-order valence-electron chi connectivity index (χ0n) is 11.3. The van der Waals surface area contributed by atoms with Gasteiger partial charge in [0.1, 0.15) is 23.5 Å². The van der Waals surface area contributed by atoms with Crippen LogP contribution in [0.5, 0.6) is 0 Å². The number of hydrogen-bond donors (Lipinski definition) is 3. The highest BCUT2D eigenvalue weighted by molar-refractivity contribution is 5.85. The third kappa shape index (κ3) is 2.76. The predicted octanol–water partition coefficient (Wildman–Crippen LogP) is 0.0394. The first-order valence-corrected chi connectivity index (χ1v) is 6.52. The maximum absolute atomic E-state index is 11.9. The molecule has 7 heteroatoms. The molecule has 0 aliphatic carbocycles. The molecule has 0 spiro atoms. The monoisotopic (exact) mass is 264 g/mol. The SMILES string of the molecule is CCc1nc(NN)cc(N2CCCC2C(=O)NC)n1. The molecular formula is C12H20N6O. The Hall–Kier alpha value is -1.89. The molecule has 104 valence electrons. The van der Waals surface area contributed by atoms with Gasteiger partial charge in [-0.05, 0) is 12.8 Å². The molecule has 1 fully saturated rings. The van der Waals surface area contributed by atoms with Crippen LogP contribution in [0.1, 0.15) is 25.6 Å². The van der Waals surface area contributed by atoms with Crippen molar-refractivity contribution in [1.82, 2.24) is 15.3 Å². The summed E-state index contributed by atoms with van der Waals surface area (Å²) in [5, 5.41) is 2.70. The van der Waals surface area contributed by atoms with Crippen LogP contribution in [0.2, 0.25) is 0 Å². The quantitative estimate of drug-likeness (QED) is 0.525. The van der Waals surface area contributed by atoms with Gasteiger partial charge >= 0.3 is 0 Å². The summed E-state index contributed by atoms with van der Waals surface area (Å²) >= 11 is 0. The number of likely N-dealkylation sites (N-methyl/N-ethyl adjacent to an activating group) is 1. The van der Waals surface area contributed by atoms with Crippen molar-refractivity contribution in [1.29, 1.82) is 0 Å². The Kier molecular flexibility index (Phi) is 4.16. The average molecular weight is 264 g/mol. The molecule has 2 heterocycles. The Bertz CT molecular complexity index is 441. The van der Waals surface area contributed by atoms with Crippen LogP contribution in [0.25, 0.3) is 0 Å². The van der Waals surface area contributed by atoms with Gasteiger partial charge in [0.25, 0.3) is 0 Å². The fraction of sp³-hybridized carbons (Fsp3) is 0.583. The molecule has 4 N–H and O–H groups in total. The van der Waals surface area contributed by atoms with Crippen LogP contribution in [-0.4, -0.2) is 35.5 Å².